The molecule has 0 amide bonds. The van der Waals surface area contributed by atoms with Gasteiger partial charge in [-0.05, 0) is 43.5 Å². The van der Waals surface area contributed by atoms with Gasteiger partial charge >= 0.3 is 0 Å². The van der Waals surface area contributed by atoms with E-state index in [-0.39, 0.29) is 6.04 Å². The molecule has 1 aromatic carbocycles. The highest BCUT2D eigenvalue weighted by Gasteiger charge is 2.45. The average molecular weight is 247 g/mol. The highest BCUT2D eigenvalue weighted by atomic mass is 16.3. The van der Waals surface area contributed by atoms with Crippen LogP contribution in [0.2, 0.25) is 0 Å². The summed E-state index contributed by atoms with van der Waals surface area (Å²) in [5, 5.41) is 23.7. The average Bonchev–Trinajstić information content (AvgIpc) is 2.38. The Bertz CT molecular complexity index is 413. The van der Waals surface area contributed by atoms with E-state index in [9.17, 15) is 10.2 Å². The lowest BCUT2D eigenvalue weighted by molar-refractivity contribution is -0.0861. The van der Waals surface area contributed by atoms with Crippen molar-refractivity contribution >= 4 is 0 Å². The topological polar surface area (TPSA) is 52.5 Å². The van der Waals surface area contributed by atoms with Crippen molar-refractivity contribution in [3.8, 4) is 5.75 Å². The van der Waals surface area contributed by atoms with Gasteiger partial charge in [-0.3, -0.25) is 0 Å². The number of phenolic OH excluding ortho intramolecular Hbond substituents is 1. The Balaban J connectivity index is 1.88. The summed E-state index contributed by atoms with van der Waals surface area (Å²) in [6.07, 6.45) is 5.26. The van der Waals surface area contributed by atoms with Crippen LogP contribution in [0.5, 0.6) is 5.75 Å². The van der Waals surface area contributed by atoms with Crippen molar-refractivity contribution in [1.82, 2.24) is 5.32 Å². The van der Waals surface area contributed by atoms with Crippen molar-refractivity contribution in [2.75, 3.05) is 6.54 Å². The molecule has 3 heteroatoms. The Hall–Kier alpha value is -1.06. The summed E-state index contributed by atoms with van der Waals surface area (Å²) < 4.78 is 0. The van der Waals surface area contributed by atoms with Crippen molar-refractivity contribution in [2.24, 2.45) is 5.92 Å². The highest BCUT2D eigenvalue weighted by molar-refractivity contribution is 5.29. The zero-order chi connectivity index (χ0) is 12.6. The molecular formula is C15H21NO2. The molecule has 1 aliphatic heterocycles. The first-order valence-corrected chi connectivity index (χ1v) is 6.94. The number of benzene rings is 1. The van der Waals surface area contributed by atoms with Gasteiger partial charge in [-0.1, -0.05) is 25.0 Å². The van der Waals surface area contributed by atoms with Gasteiger partial charge in [0.25, 0.3) is 0 Å². The smallest absolute Gasteiger partial charge is 0.115 e. The lowest BCUT2D eigenvalue weighted by atomic mass is 9.67. The van der Waals surface area contributed by atoms with Gasteiger partial charge in [0.05, 0.1) is 5.60 Å². The number of phenols is 1. The predicted molar refractivity (Wildman–Crippen MR) is 70.4 cm³/mol. The van der Waals surface area contributed by atoms with E-state index in [2.05, 4.69) is 5.32 Å². The highest BCUT2D eigenvalue weighted by Crippen LogP contribution is 2.45. The van der Waals surface area contributed by atoms with Gasteiger partial charge in [-0.2, -0.15) is 0 Å². The number of aliphatic hydroxyl groups is 1. The molecule has 18 heavy (non-hydrogen) atoms. The van der Waals surface area contributed by atoms with Crippen LogP contribution < -0.4 is 5.32 Å². The van der Waals surface area contributed by atoms with Gasteiger partial charge in [-0.25, -0.2) is 0 Å². The van der Waals surface area contributed by atoms with E-state index in [0.717, 1.165) is 32.2 Å². The van der Waals surface area contributed by atoms with Crippen LogP contribution in [0.1, 0.15) is 43.7 Å². The van der Waals surface area contributed by atoms with Gasteiger partial charge in [0, 0.05) is 12.0 Å². The number of hydrogen-bond donors (Lipinski definition) is 3. The van der Waals surface area contributed by atoms with Gasteiger partial charge in [0.2, 0.25) is 0 Å². The van der Waals surface area contributed by atoms with E-state index in [4.69, 9.17) is 0 Å². The number of hydrogen-bond acceptors (Lipinski definition) is 3. The number of rotatable bonds is 1. The van der Waals surface area contributed by atoms with E-state index < -0.39 is 5.60 Å². The fraction of sp³-hybridized carbons (Fsp3) is 0.600. The predicted octanol–water partition coefficient (Wildman–Crippen LogP) is 2.35. The van der Waals surface area contributed by atoms with Gasteiger partial charge in [0.15, 0.2) is 0 Å². The van der Waals surface area contributed by atoms with Crippen LogP contribution in [-0.4, -0.2) is 22.4 Å². The van der Waals surface area contributed by atoms with E-state index in [1.807, 2.05) is 12.1 Å². The second-order valence-corrected chi connectivity index (χ2v) is 5.73. The standard InChI is InChI=1S/C15H21NO2/c17-12-6-4-11(5-7-12)14-13-3-1-2-8-15(13,18)9-10-16-14/h4-7,13-14,16-18H,1-3,8-10H2/t13-,14+,15+/m1/s1. The molecule has 2 fully saturated rings. The molecule has 3 atom stereocenters. The fourth-order valence-electron chi connectivity index (χ4n) is 3.65. The zero-order valence-corrected chi connectivity index (χ0v) is 10.6. The minimum atomic E-state index is -0.480. The molecule has 1 saturated heterocycles. The minimum Gasteiger partial charge on any atom is -0.508 e. The number of nitrogens with one attached hydrogen (secondary N) is 1. The van der Waals surface area contributed by atoms with Crippen molar-refractivity contribution < 1.29 is 10.2 Å². The number of aromatic hydroxyl groups is 1. The molecule has 1 aromatic rings. The molecule has 0 radical (unpaired) electrons. The van der Waals surface area contributed by atoms with Crippen molar-refractivity contribution in [3.05, 3.63) is 29.8 Å². The molecule has 0 bridgehead atoms. The maximum Gasteiger partial charge on any atom is 0.115 e. The molecule has 0 aromatic heterocycles. The Morgan fingerprint density at radius 3 is 2.67 bits per heavy atom. The molecule has 3 rings (SSSR count). The third-order valence-corrected chi connectivity index (χ3v) is 4.64. The van der Waals surface area contributed by atoms with Crippen molar-refractivity contribution in [1.29, 1.82) is 0 Å². The molecule has 0 spiro atoms. The quantitative estimate of drug-likeness (QED) is 0.714. The molecule has 0 unspecified atom stereocenters. The lowest BCUT2D eigenvalue weighted by Gasteiger charge is -2.48. The summed E-state index contributed by atoms with van der Waals surface area (Å²) in [4.78, 5) is 0. The maximum atomic E-state index is 10.8. The van der Waals surface area contributed by atoms with Crippen LogP contribution in [0, 0.1) is 5.92 Å². The van der Waals surface area contributed by atoms with E-state index in [1.165, 1.54) is 12.0 Å². The molecule has 1 saturated carbocycles. The first-order valence-electron chi connectivity index (χ1n) is 6.94. The normalized spacial score (nSPS) is 36.1. The maximum absolute atomic E-state index is 10.8. The van der Waals surface area contributed by atoms with Crippen LogP contribution in [0.3, 0.4) is 0 Å². The van der Waals surface area contributed by atoms with Gasteiger partial charge < -0.3 is 15.5 Å². The van der Waals surface area contributed by atoms with Crippen LogP contribution >= 0.6 is 0 Å². The second-order valence-electron chi connectivity index (χ2n) is 5.73. The molecule has 1 aliphatic carbocycles. The summed E-state index contributed by atoms with van der Waals surface area (Å²) in [6.45, 7) is 0.874. The van der Waals surface area contributed by atoms with Crippen molar-refractivity contribution in [3.63, 3.8) is 0 Å². The Kier molecular flexibility index (Phi) is 3.04. The van der Waals surface area contributed by atoms with E-state index in [1.54, 1.807) is 12.1 Å². The first-order chi connectivity index (χ1) is 8.69. The molecule has 98 valence electrons. The minimum absolute atomic E-state index is 0.227. The zero-order valence-electron chi connectivity index (χ0n) is 10.6. The lowest BCUT2D eigenvalue weighted by Crippen LogP contribution is -2.53. The van der Waals surface area contributed by atoms with Gasteiger partial charge in [0.1, 0.15) is 5.75 Å². The van der Waals surface area contributed by atoms with E-state index in [0.29, 0.717) is 11.7 Å². The summed E-state index contributed by atoms with van der Waals surface area (Å²) in [6, 6.07) is 7.62. The van der Waals surface area contributed by atoms with Crippen molar-refractivity contribution in [2.45, 2.75) is 43.7 Å². The third-order valence-electron chi connectivity index (χ3n) is 4.64. The molecular weight excluding hydrogens is 226 g/mol. The Morgan fingerprint density at radius 2 is 1.89 bits per heavy atom. The summed E-state index contributed by atoms with van der Waals surface area (Å²) in [5.74, 6) is 0.609. The molecule has 3 nitrogen and oxygen atoms in total. The Labute approximate surface area is 108 Å². The molecule has 3 N–H and O–H groups in total. The van der Waals surface area contributed by atoms with Crippen LogP contribution in [0.25, 0.3) is 0 Å². The Morgan fingerprint density at radius 1 is 1.11 bits per heavy atom. The largest absolute Gasteiger partial charge is 0.508 e. The summed E-state index contributed by atoms with van der Waals surface area (Å²) >= 11 is 0. The van der Waals surface area contributed by atoms with Crippen LogP contribution in [0.15, 0.2) is 24.3 Å². The second kappa shape index (κ2) is 4.56. The molecule has 1 heterocycles. The monoisotopic (exact) mass is 247 g/mol. The summed E-state index contributed by atoms with van der Waals surface area (Å²) in [5.41, 5.74) is 0.698. The van der Waals surface area contributed by atoms with E-state index >= 15 is 0 Å². The SMILES string of the molecule is Oc1ccc([C@@H]2NCC[C@@]3(O)CCCC[C@H]23)cc1. The summed E-state index contributed by atoms with van der Waals surface area (Å²) in [7, 11) is 0. The van der Waals surface area contributed by atoms with Gasteiger partial charge in [-0.15, -0.1) is 0 Å². The fourth-order valence-corrected chi connectivity index (χ4v) is 3.65. The number of fused-ring (bicyclic) bond motifs is 1. The van der Waals surface area contributed by atoms with Crippen LogP contribution in [0.4, 0.5) is 0 Å². The number of piperidine rings is 1. The third kappa shape index (κ3) is 2.02. The first kappa shape index (κ1) is 12.0. The molecule has 2 aliphatic rings. The van der Waals surface area contributed by atoms with Crippen LogP contribution in [-0.2, 0) is 0 Å².